The highest BCUT2D eigenvalue weighted by Gasteiger charge is 2.55. The molecule has 0 amide bonds. The predicted molar refractivity (Wildman–Crippen MR) is 228 cm³/mol. The molecule has 7 rings (SSSR count). The van der Waals surface area contributed by atoms with E-state index in [1.165, 1.54) is 32.4 Å². The lowest BCUT2D eigenvalue weighted by molar-refractivity contribution is -0.389. The molecule has 0 spiro atoms. The monoisotopic (exact) mass is 994 g/mol. The number of aliphatic hydroxyl groups excluding tert-OH is 9. The molecule has 382 valence electrons. The highest BCUT2D eigenvalue weighted by atomic mass is 16.8. The number of benzene rings is 3. The van der Waals surface area contributed by atoms with Crippen LogP contribution in [-0.4, -0.2) is 204 Å². The van der Waals surface area contributed by atoms with E-state index >= 15 is 0 Å². The molecule has 1 aromatic heterocycles. The van der Waals surface area contributed by atoms with Crippen LogP contribution < -0.4 is 19.6 Å². The number of ether oxygens (including phenoxy) is 9. The molecule has 3 aromatic carbocycles. The fourth-order valence-electron chi connectivity index (χ4n) is 7.82. The fraction of sp³-hybridized carbons (Fsp3) is 0.455. The molecule has 3 aliphatic heterocycles. The summed E-state index contributed by atoms with van der Waals surface area (Å²) in [6.45, 7) is -2.77. The zero-order chi connectivity index (χ0) is 50.9. The second-order valence-electron chi connectivity index (χ2n) is 16.1. The summed E-state index contributed by atoms with van der Waals surface area (Å²) < 4.78 is 56.2. The van der Waals surface area contributed by atoms with Crippen LogP contribution in [0.4, 0.5) is 0 Å². The molecule has 3 fully saturated rings. The fourth-order valence-corrected chi connectivity index (χ4v) is 7.82. The van der Waals surface area contributed by atoms with Gasteiger partial charge in [0, 0.05) is 23.8 Å². The van der Waals surface area contributed by atoms with E-state index < -0.39 is 169 Å². The van der Waals surface area contributed by atoms with Gasteiger partial charge >= 0.3 is 5.97 Å². The smallest absolute Gasteiger partial charge is 0.330 e. The van der Waals surface area contributed by atoms with E-state index in [0.29, 0.717) is 5.56 Å². The van der Waals surface area contributed by atoms with E-state index in [2.05, 4.69) is 0 Å². The van der Waals surface area contributed by atoms with Gasteiger partial charge in [-0.3, -0.25) is 4.79 Å². The summed E-state index contributed by atoms with van der Waals surface area (Å²) in [5.41, 5.74) is -1.41. The van der Waals surface area contributed by atoms with Gasteiger partial charge in [-0.05, 0) is 42.0 Å². The molecule has 3 aliphatic rings. The lowest BCUT2D eigenvalue weighted by atomic mass is 9.96. The van der Waals surface area contributed by atoms with Crippen LogP contribution in [0.15, 0.2) is 57.8 Å². The van der Waals surface area contributed by atoms with Crippen LogP contribution >= 0.6 is 0 Å². The molecular weight excluding hydrogens is 944 g/mol. The van der Waals surface area contributed by atoms with E-state index in [4.69, 9.17) is 47.0 Å². The van der Waals surface area contributed by atoms with E-state index in [1.54, 1.807) is 0 Å². The number of rotatable bonds is 15. The quantitative estimate of drug-likeness (QED) is 0.0323. The van der Waals surface area contributed by atoms with Crippen molar-refractivity contribution in [1.82, 2.24) is 0 Å². The molecule has 3 saturated heterocycles. The topological polar surface area (TPSA) is 414 Å². The molecule has 0 bridgehead atoms. The lowest BCUT2D eigenvalue weighted by Crippen LogP contribution is -2.67. The van der Waals surface area contributed by atoms with Crippen molar-refractivity contribution < 1.29 is 123 Å². The van der Waals surface area contributed by atoms with Crippen molar-refractivity contribution in [2.75, 3.05) is 34.0 Å². The van der Waals surface area contributed by atoms with Crippen molar-refractivity contribution in [3.05, 3.63) is 64.3 Å². The average molecular weight is 995 g/mol. The van der Waals surface area contributed by atoms with Gasteiger partial charge in [0.05, 0.1) is 27.4 Å². The van der Waals surface area contributed by atoms with Crippen LogP contribution in [0.2, 0.25) is 0 Å². The number of phenolic OH excluding ortho intramolecular Hbond substituents is 5. The van der Waals surface area contributed by atoms with Crippen LogP contribution in [0.25, 0.3) is 28.4 Å². The van der Waals surface area contributed by atoms with Crippen LogP contribution in [0.1, 0.15) is 5.56 Å². The summed E-state index contributed by atoms with van der Waals surface area (Å²) in [5.74, 6) is -5.30. The van der Waals surface area contributed by atoms with Crippen LogP contribution in [0, 0.1) is 0 Å². The molecule has 0 aliphatic carbocycles. The summed E-state index contributed by atoms with van der Waals surface area (Å²) in [5, 5.41) is 149. The summed E-state index contributed by atoms with van der Waals surface area (Å²) in [4.78, 5) is 26.9. The third kappa shape index (κ3) is 10.4. The first-order valence-electron chi connectivity index (χ1n) is 21.1. The maximum atomic E-state index is 14.2. The molecule has 0 saturated carbocycles. The number of aromatic hydroxyl groups is 5. The Morgan fingerprint density at radius 3 is 1.81 bits per heavy atom. The first-order chi connectivity index (χ1) is 33.3. The van der Waals surface area contributed by atoms with Gasteiger partial charge in [0.2, 0.25) is 23.2 Å². The third-order valence-corrected chi connectivity index (χ3v) is 11.6. The Bertz CT molecular complexity index is 2560. The maximum Gasteiger partial charge on any atom is 0.330 e. The Labute approximate surface area is 393 Å². The molecule has 26 nitrogen and oxygen atoms in total. The van der Waals surface area contributed by atoms with Gasteiger partial charge in [-0.15, -0.1) is 0 Å². The largest absolute Gasteiger partial charge is 0.508 e. The van der Waals surface area contributed by atoms with Crippen LogP contribution in [0.3, 0.4) is 0 Å². The molecule has 70 heavy (non-hydrogen) atoms. The van der Waals surface area contributed by atoms with Crippen LogP contribution in [0.5, 0.6) is 46.0 Å². The van der Waals surface area contributed by atoms with Gasteiger partial charge in [-0.25, -0.2) is 4.79 Å². The summed E-state index contributed by atoms with van der Waals surface area (Å²) in [7, 11) is 2.59. The Kier molecular flexibility index (Phi) is 15.9. The van der Waals surface area contributed by atoms with E-state index in [1.807, 2.05) is 0 Å². The normalized spacial score (nSPS) is 31.4. The third-order valence-electron chi connectivity index (χ3n) is 11.6. The number of aliphatic hydroxyl groups is 9. The van der Waals surface area contributed by atoms with Gasteiger partial charge in [-0.2, -0.15) is 0 Å². The first-order valence-corrected chi connectivity index (χ1v) is 21.1. The molecule has 4 heterocycles. The average Bonchev–Trinajstić information content (AvgIpc) is 3.33. The van der Waals surface area contributed by atoms with Gasteiger partial charge in [0.15, 0.2) is 47.4 Å². The number of phenols is 5. The highest BCUT2D eigenvalue weighted by Crippen LogP contribution is 2.41. The van der Waals surface area contributed by atoms with Gasteiger partial charge in [0.25, 0.3) is 0 Å². The molecule has 26 heteroatoms. The summed E-state index contributed by atoms with van der Waals surface area (Å²) >= 11 is 0. The first kappa shape index (κ1) is 51.8. The number of fused-ring (bicyclic) bond motifs is 1. The number of hydrogen-bond acceptors (Lipinski definition) is 26. The number of hydrogen-bond donors (Lipinski definition) is 14. The highest BCUT2D eigenvalue weighted by molar-refractivity contribution is 5.89. The van der Waals surface area contributed by atoms with Gasteiger partial charge in [0.1, 0.15) is 96.2 Å². The molecule has 0 unspecified atom stereocenters. The molecule has 4 aromatic rings. The Morgan fingerprint density at radius 2 is 1.21 bits per heavy atom. The number of carbonyl (C=O) groups is 1. The Hall–Kier alpha value is -6.08. The number of methoxy groups -OCH3 is 2. The molecule has 14 N–H and O–H groups in total. The maximum absolute atomic E-state index is 14.2. The van der Waals surface area contributed by atoms with Crippen molar-refractivity contribution >= 4 is 23.0 Å². The predicted octanol–water partition coefficient (Wildman–Crippen LogP) is -2.90. The molecule has 15 atom stereocenters. The zero-order valence-electron chi connectivity index (χ0n) is 36.6. The van der Waals surface area contributed by atoms with Crippen molar-refractivity contribution in [3.63, 3.8) is 0 Å². The number of esters is 1. The summed E-state index contributed by atoms with van der Waals surface area (Å²) in [6, 6.07) is 7.64. The second-order valence-corrected chi connectivity index (χ2v) is 16.1. The standard InChI is InChI=1S/C44H50O26/c1-61-22-7-15(8-23(62-2)29(22)52)3-6-27(51)63-14-26-32(55)34(57)37(60)42(67-26)69-40-35(58)30(53)25(13-46)66-44(40)70-41-36(59)31(54)24(12-45)65-43(41)68-39-33(56)28-20(50)10-17(47)11-21(28)64-38(39)16-4-5-18(48)19(49)9-16/h3-11,24-26,30-32,34-37,40-50,52-55,57-60H,12-14H2,1-2H3/b6-3+/t24-,25-,26-,30-,31-,32-,34+,35+,36+,37-,40-,41-,42+,43+,44+/m1/s1. The minimum atomic E-state index is -2.18. The lowest BCUT2D eigenvalue weighted by Gasteiger charge is -2.48. The minimum Gasteiger partial charge on any atom is -0.508 e. The molecule has 0 radical (unpaired) electrons. The van der Waals surface area contributed by atoms with Gasteiger partial charge in [-0.1, -0.05) is 0 Å². The van der Waals surface area contributed by atoms with Crippen molar-refractivity contribution in [3.8, 4) is 57.3 Å². The molecular formula is C44H50O26. The number of carbonyl (C=O) groups excluding carboxylic acids is 1. The summed E-state index contributed by atoms with van der Waals surface area (Å²) in [6.07, 6.45) is -27.9. The van der Waals surface area contributed by atoms with Crippen molar-refractivity contribution in [1.29, 1.82) is 0 Å². The van der Waals surface area contributed by atoms with E-state index in [0.717, 1.165) is 36.4 Å². The minimum absolute atomic E-state index is 0.0258. The van der Waals surface area contributed by atoms with Gasteiger partial charge < -0.3 is 119 Å². The van der Waals surface area contributed by atoms with E-state index in [-0.39, 0.29) is 22.8 Å². The SMILES string of the molecule is COc1cc(/C=C/C(=O)OC[C@H]2O[C@@H](O[C@H]3[C@H](O[C@H]4[C@H](Oc5c(-c6ccc(O)c(O)c6)oc6cc(O)cc(O)c6c5=O)O[C@H](CO)[C@@H](O)[C@@H]4O)O[C@H](CO)[C@@H](O)[C@@H]3O)[C@H](O)[C@@H](O)[C@@H]2O)cc(OC)c1O. The second kappa shape index (κ2) is 21.5. The van der Waals surface area contributed by atoms with Crippen LogP contribution in [-0.2, 0) is 33.2 Å². The van der Waals surface area contributed by atoms with E-state index in [9.17, 15) is 81.1 Å². The van der Waals surface area contributed by atoms with Crippen molar-refractivity contribution in [2.24, 2.45) is 0 Å². The zero-order valence-corrected chi connectivity index (χ0v) is 36.6. The Balaban J connectivity index is 1.17. The Morgan fingerprint density at radius 1 is 0.643 bits per heavy atom. The van der Waals surface area contributed by atoms with Crippen molar-refractivity contribution in [2.45, 2.75) is 92.1 Å².